The highest BCUT2D eigenvalue weighted by Gasteiger charge is 2.60. The molecule has 0 bridgehead atoms. The largest absolute Gasteiger partial charge is 0.529 e. The molecule has 0 radical (unpaired) electrons. The Hall–Kier alpha value is -3.98. The molecular formula is C28H18N2O+2. The van der Waals surface area contributed by atoms with Crippen LogP contribution in [0.3, 0.4) is 0 Å². The first kappa shape index (κ1) is 15.8. The van der Waals surface area contributed by atoms with Crippen molar-refractivity contribution in [1.29, 1.82) is 0 Å². The summed E-state index contributed by atoms with van der Waals surface area (Å²) in [5.41, 5.74) is 3.79. The van der Waals surface area contributed by atoms with E-state index in [4.69, 9.17) is 4.74 Å². The van der Waals surface area contributed by atoms with Crippen LogP contribution in [0.25, 0.3) is 43.4 Å². The van der Waals surface area contributed by atoms with E-state index in [1.54, 1.807) is 0 Å². The average molecular weight is 398 g/mol. The molecule has 0 N–H and O–H groups in total. The zero-order chi connectivity index (χ0) is 20.2. The normalized spacial score (nSPS) is 18.6. The third-order valence-electron chi connectivity index (χ3n) is 7.10. The minimum absolute atomic E-state index is 0.690. The predicted molar refractivity (Wildman–Crippen MR) is 121 cm³/mol. The minimum Gasteiger partial charge on any atom is -0.377 e. The standard InChI is InChI=1S/C28H18N2O/c1-5-18-11-13-20-8-3-15-29-26(20)24(18)22(7-1)17-28(29)30-16-4-9-21-14-12-19-6-2-10-23(31-28)25(19)27(21)30/h1-16H,17H2/q+2/t28-/m0/s1. The average Bonchev–Trinajstić information content (AvgIpc) is 2.82. The van der Waals surface area contributed by atoms with Gasteiger partial charge in [0.15, 0.2) is 18.8 Å². The summed E-state index contributed by atoms with van der Waals surface area (Å²) in [6.07, 6.45) is 5.12. The van der Waals surface area contributed by atoms with Crippen LogP contribution in [-0.2, 0) is 12.3 Å². The van der Waals surface area contributed by atoms with Crippen molar-refractivity contribution < 1.29 is 13.9 Å². The van der Waals surface area contributed by atoms with Crippen molar-refractivity contribution >= 4 is 43.4 Å². The first-order valence-corrected chi connectivity index (χ1v) is 10.7. The number of fused-ring (bicyclic) bond motifs is 2. The predicted octanol–water partition coefficient (Wildman–Crippen LogP) is 4.98. The molecule has 0 aliphatic carbocycles. The molecule has 0 saturated heterocycles. The summed E-state index contributed by atoms with van der Waals surface area (Å²) in [5.74, 6) is 0.259. The van der Waals surface area contributed by atoms with Crippen molar-refractivity contribution in [1.82, 2.24) is 0 Å². The lowest BCUT2D eigenvalue weighted by Crippen LogP contribution is -2.79. The van der Waals surface area contributed by atoms with Crippen LogP contribution in [0.15, 0.2) is 97.3 Å². The van der Waals surface area contributed by atoms with Gasteiger partial charge < -0.3 is 4.74 Å². The molecule has 4 heterocycles. The fourth-order valence-electron chi connectivity index (χ4n) is 5.86. The molecule has 144 valence electrons. The summed E-state index contributed by atoms with van der Waals surface area (Å²) >= 11 is 0. The second kappa shape index (κ2) is 5.19. The molecule has 2 aliphatic heterocycles. The van der Waals surface area contributed by atoms with Crippen LogP contribution in [0.1, 0.15) is 5.56 Å². The SMILES string of the molecule is c1cc2c3c(c1)ccc1ccc[n+](c13)[C@]1(C2)Oc2cccc3ccc4ccc[n+]1c4c23. The van der Waals surface area contributed by atoms with Gasteiger partial charge in [-0.25, -0.2) is 0 Å². The summed E-state index contributed by atoms with van der Waals surface area (Å²) < 4.78 is 11.7. The van der Waals surface area contributed by atoms with Gasteiger partial charge in [0.05, 0.1) is 10.8 Å². The van der Waals surface area contributed by atoms with Gasteiger partial charge in [0.2, 0.25) is 11.0 Å². The Morgan fingerprint density at radius 2 is 1.16 bits per heavy atom. The van der Waals surface area contributed by atoms with Gasteiger partial charge in [-0.2, -0.15) is 0 Å². The van der Waals surface area contributed by atoms with Crippen molar-refractivity contribution in [2.24, 2.45) is 0 Å². The molecule has 31 heavy (non-hydrogen) atoms. The van der Waals surface area contributed by atoms with E-state index in [2.05, 4.69) is 106 Å². The van der Waals surface area contributed by atoms with Gasteiger partial charge in [0, 0.05) is 22.9 Å². The van der Waals surface area contributed by atoms with Crippen LogP contribution >= 0.6 is 0 Å². The Morgan fingerprint density at radius 1 is 0.581 bits per heavy atom. The summed E-state index contributed by atoms with van der Waals surface area (Å²) in [6.45, 7) is 0. The topological polar surface area (TPSA) is 17.0 Å². The maximum absolute atomic E-state index is 7.03. The molecule has 0 unspecified atom stereocenters. The van der Waals surface area contributed by atoms with Gasteiger partial charge in [0.25, 0.3) is 0 Å². The molecule has 3 heteroatoms. The zero-order valence-electron chi connectivity index (χ0n) is 16.7. The van der Waals surface area contributed by atoms with Crippen LogP contribution in [0.2, 0.25) is 0 Å². The van der Waals surface area contributed by atoms with E-state index in [1.807, 2.05) is 0 Å². The van der Waals surface area contributed by atoms with Crippen LogP contribution in [0.5, 0.6) is 5.75 Å². The van der Waals surface area contributed by atoms with Crippen LogP contribution in [0, 0.1) is 0 Å². The molecule has 0 saturated carbocycles. The van der Waals surface area contributed by atoms with Crippen molar-refractivity contribution in [2.75, 3.05) is 0 Å². The number of nitrogens with zero attached hydrogens (tertiary/aromatic N) is 2. The number of rotatable bonds is 0. The van der Waals surface area contributed by atoms with E-state index in [-0.39, 0.29) is 0 Å². The maximum atomic E-state index is 7.03. The van der Waals surface area contributed by atoms with Gasteiger partial charge in [-0.15, -0.1) is 0 Å². The molecule has 2 aliphatic rings. The molecule has 2 aromatic heterocycles. The minimum atomic E-state index is -0.690. The first-order valence-electron chi connectivity index (χ1n) is 10.7. The Labute approximate surface area is 178 Å². The first-order chi connectivity index (χ1) is 15.3. The molecule has 1 atom stereocenters. The number of hydrogen-bond donors (Lipinski definition) is 0. The summed E-state index contributed by atoms with van der Waals surface area (Å²) in [5, 5.41) is 7.48. The van der Waals surface area contributed by atoms with Crippen LogP contribution in [0.4, 0.5) is 0 Å². The monoisotopic (exact) mass is 398 g/mol. The van der Waals surface area contributed by atoms with E-state index in [1.165, 1.54) is 48.9 Å². The Morgan fingerprint density at radius 3 is 1.90 bits per heavy atom. The lowest BCUT2D eigenvalue weighted by atomic mass is 9.92. The maximum Gasteiger partial charge on any atom is 0.529 e. The van der Waals surface area contributed by atoms with Crippen molar-refractivity contribution in [3.8, 4) is 5.75 Å². The number of ether oxygens (including phenoxy) is 1. The third kappa shape index (κ3) is 1.77. The lowest BCUT2D eigenvalue weighted by molar-refractivity contribution is -1.01. The highest BCUT2D eigenvalue weighted by atomic mass is 16.5. The zero-order valence-corrected chi connectivity index (χ0v) is 16.7. The lowest BCUT2D eigenvalue weighted by Gasteiger charge is -2.31. The molecule has 4 aromatic carbocycles. The Kier molecular flexibility index (Phi) is 2.65. The van der Waals surface area contributed by atoms with Gasteiger partial charge in [-0.3, -0.25) is 0 Å². The van der Waals surface area contributed by atoms with E-state index < -0.39 is 5.85 Å². The Bertz CT molecular complexity index is 1620. The quantitative estimate of drug-likeness (QED) is 0.260. The molecule has 6 aromatic rings. The van der Waals surface area contributed by atoms with E-state index >= 15 is 0 Å². The van der Waals surface area contributed by atoms with Gasteiger partial charge in [-0.05, 0) is 46.7 Å². The smallest absolute Gasteiger partial charge is 0.377 e. The number of hydrogen-bond acceptors (Lipinski definition) is 1. The molecule has 1 spiro atoms. The fraction of sp³-hybridized carbons (Fsp3) is 0.0714. The highest BCUT2D eigenvalue weighted by Crippen LogP contribution is 2.41. The highest BCUT2D eigenvalue weighted by molar-refractivity contribution is 6.08. The van der Waals surface area contributed by atoms with Crippen molar-refractivity contribution in [2.45, 2.75) is 12.3 Å². The van der Waals surface area contributed by atoms with Crippen molar-refractivity contribution in [3.05, 3.63) is 103 Å². The third-order valence-corrected chi connectivity index (χ3v) is 7.10. The molecular weight excluding hydrogens is 380 g/mol. The summed E-state index contributed by atoms with van der Waals surface area (Å²) in [7, 11) is 0. The van der Waals surface area contributed by atoms with Gasteiger partial charge in [0.1, 0.15) is 5.75 Å². The molecule has 0 amide bonds. The number of pyridine rings is 2. The fourth-order valence-corrected chi connectivity index (χ4v) is 5.86. The van der Waals surface area contributed by atoms with Crippen LogP contribution < -0.4 is 13.9 Å². The second-order valence-corrected chi connectivity index (χ2v) is 8.65. The number of benzene rings is 4. The summed E-state index contributed by atoms with van der Waals surface area (Å²) in [4.78, 5) is 0. The van der Waals surface area contributed by atoms with Gasteiger partial charge >= 0.3 is 5.85 Å². The number of aromatic nitrogens is 2. The second-order valence-electron chi connectivity index (χ2n) is 8.65. The van der Waals surface area contributed by atoms with E-state index in [0.717, 1.165) is 12.2 Å². The van der Waals surface area contributed by atoms with E-state index in [0.29, 0.717) is 0 Å². The molecule has 0 fully saturated rings. The van der Waals surface area contributed by atoms with Gasteiger partial charge in [-0.1, -0.05) is 51.6 Å². The summed E-state index contributed by atoms with van der Waals surface area (Å²) in [6, 6.07) is 30.5. The molecule has 8 rings (SSSR count). The molecule has 3 nitrogen and oxygen atoms in total. The van der Waals surface area contributed by atoms with Crippen LogP contribution in [-0.4, -0.2) is 0 Å². The van der Waals surface area contributed by atoms with E-state index in [9.17, 15) is 0 Å². The Balaban J connectivity index is 1.62. The van der Waals surface area contributed by atoms with Crippen molar-refractivity contribution in [3.63, 3.8) is 0 Å².